The highest BCUT2D eigenvalue weighted by molar-refractivity contribution is 5.93. The summed E-state index contributed by atoms with van der Waals surface area (Å²) in [5, 5.41) is 7.09. The zero-order chi connectivity index (χ0) is 14.2. The molecule has 0 saturated heterocycles. The summed E-state index contributed by atoms with van der Waals surface area (Å²) in [6.07, 6.45) is 4.41. The first-order valence-corrected chi connectivity index (χ1v) is 6.67. The molecule has 1 fully saturated rings. The summed E-state index contributed by atoms with van der Waals surface area (Å²) in [4.78, 5) is 12.3. The van der Waals surface area contributed by atoms with Crippen molar-refractivity contribution in [2.75, 3.05) is 0 Å². The smallest absolute Gasteiger partial charge is 0.270 e. The van der Waals surface area contributed by atoms with E-state index < -0.39 is 0 Å². The minimum Gasteiger partial charge on any atom is -0.341 e. The topological polar surface area (TPSA) is 46.9 Å². The Morgan fingerprint density at radius 3 is 2.50 bits per heavy atom. The van der Waals surface area contributed by atoms with Crippen molar-refractivity contribution in [3.05, 3.63) is 53.6 Å². The predicted octanol–water partition coefficient (Wildman–Crippen LogP) is 2.37. The molecular formula is C15H16FN3O. The molecule has 2 aromatic rings. The van der Waals surface area contributed by atoms with E-state index >= 15 is 0 Å². The zero-order valence-electron chi connectivity index (χ0n) is 11.3. The lowest BCUT2D eigenvalue weighted by Gasteiger charge is -2.43. The third kappa shape index (κ3) is 2.09. The van der Waals surface area contributed by atoms with Gasteiger partial charge in [0.1, 0.15) is 11.5 Å². The second-order valence-corrected chi connectivity index (χ2v) is 5.24. The lowest BCUT2D eigenvalue weighted by Crippen LogP contribution is -2.51. The van der Waals surface area contributed by atoms with E-state index in [9.17, 15) is 9.18 Å². The molecule has 0 aliphatic heterocycles. The number of nitrogens with zero attached hydrogens (tertiary/aromatic N) is 2. The van der Waals surface area contributed by atoms with Crippen LogP contribution < -0.4 is 5.32 Å². The van der Waals surface area contributed by atoms with Gasteiger partial charge in [0.25, 0.3) is 5.91 Å². The maximum atomic E-state index is 13.0. The summed E-state index contributed by atoms with van der Waals surface area (Å²) in [5.74, 6) is -0.407. The van der Waals surface area contributed by atoms with Gasteiger partial charge in [0.05, 0.1) is 5.54 Å². The number of amides is 1. The van der Waals surface area contributed by atoms with Crippen molar-refractivity contribution >= 4 is 5.91 Å². The predicted molar refractivity (Wildman–Crippen MR) is 72.6 cm³/mol. The van der Waals surface area contributed by atoms with Crippen molar-refractivity contribution in [1.29, 1.82) is 0 Å². The fourth-order valence-electron chi connectivity index (χ4n) is 2.66. The number of carbonyl (C=O) groups is 1. The monoisotopic (exact) mass is 273 g/mol. The Hall–Kier alpha value is -2.17. The Bertz CT molecular complexity index is 629. The molecule has 0 bridgehead atoms. The van der Waals surface area contributed by atoms with Gasteiger partial charge in [-0.25, -0.2) is 4.39 Å². The van der Waals surface area contributed by atoms with Crippen LogP contribution in [-0.2, 0) is 12.6 Å². The number of benzene rings is 1. The minimum atomic E-state index is -0.366. The lowest BCUT2D eigenvalue weighted by atomic mass is 9.71. The normalized spacial score (nSPS) is 16.5. The number of carbonyl (C=O) groups excluding carboxylic acids is 1. The second-order valence-electron chi connectivity index (χ2n) is 5.24. The SMILES string of the molecule is Cn1nccc1C(=O)NC1(c2ccc(F)cc2)CCC1. The Morgan fingerprint density at radius 1 is 1.30 bits per heavy atom. The van der Waals surface area contributed by atoms with Crippen LogP contribution in [0.25, 0.3) is 0 Å². The van der Waals surface area contributed by atoms with Crippen molar-refractivity contribution in [2.45, 2.75) is 24.8 Å². The number of hydrogen-bond acceptors (Lipinski definition) is 2. The molecule has 20 heavy (non-hydrogen) atoms. The minimum absolute atomic E-state index is 0.144. The fraction of sp³-hybridized carbons (Fsp3) is 0.333. The molecule has 1 N–H and O–H groups in total. The lowest BCUT2D eigenvalue weighted by molar-refractivity contribution is 0.0813. The van der Waals surface area contributed by atoms with Crippen molar-refractivity contribution in [2.24, 2.45) is 7.05 Å². The molecule has 3 rings (SSSR count). The zero-order valence-corrected chi connectivity index (χ0v) is 11.3. The summed E-state index contributed by atoms with van der Waals surface area (Å²) in [7, 11) is 1.74. The molecular weight excluding hydrogens is 257 g/mol. The average Bonchev–Trinajstić information content (AvgIpc) is 2.81. The summed E-state index contributed by atoms with van der Waals surface area (Å²) >= 11 is 0. The molecule has 1 amide bonds. The van der Waals surface area contributed by atoms with Gasteiger partial charge in [0.15, 0.2) is 0 Å². The van der Waals surface area contributed by atoms with Gasteiger partial charge in [-0.2, -0.15) is 5.10 Å². The summed E-state index contributed by atoms with van der Waals surface area (Å²) < 4.78 is 14.6. The molecule has 1 saturated carbocycles. The summed E-state index contributed by atoms with van der Waals surface area (Å²) in [6, 6.07) is 8.06. The number of nitrogens with one attached hydrogen (secondary N) is 1. The highest BCUT2D eigenvalue weighted by atomic mass is 19.1. The standard InChI is InChI=1S/C15H16FN3O/c1-19-13(7-10-17-19)14(20)18-15(8-2-9-15)11-3-5-12(16)6-4-11/h3-7,10H,2,8-9H2,1H3,(H,18,20). The van der Waals surface area contributed by atoms with Crippen LogP contribution in [0.1, 0.15) is 35.3 Å². The second kappa shape index (κ2) is 4.74. The maximum Gasteiger partial charge on any atom is 0.270 e. The van der Waals surface area contributed by atoms with E-state index in [1.165, 1.54) is 12.1 Å². The number of hydrogen-bond donors (Lipinski definition) is 1. The average molecular weight is 273 g/mol. The first kappa shape index (κ1) is 12.8. The Balaban J connectivity index is 1.85. The van der Waals surface area contributed by atoms with Gasteiger partial charge in [-0.15, -0.1) is 0 Å². The van der Waals surface area contributed by atoms with Crippen LogP contribution in [0.4, 0.5) is 4.39 Å². The number of rotatable bonds is 3. The summed E-state index contributed by atoms with van der Waals surface area (Å²) in [6.45, 7) is 0. The third-order valence-electron chi connectivity index (χ3n) is 4.01. The van der Waals surface area contributed by atoms with E-state index in [1.807, 2.05) is 0 Å². The maximum absolute atomic E-state index is 13.0. The molecule has 5 heteroatoms. The van der Waals surface area contributed by atoms with Gasteiger partial charge < -0.3 is 5.32 Å². The van der Waals surface area contributed by atoms with Gasteiger partial charge in [-0.1, -0.05) is 12.1 Å². The molecule has 0 atom stereocenters. The molecule has 1 aromatic heterocycles. The van der Waals surface area contributed by atoms with Crippen LogP contribution in [0.5, 0.6) is 0 Å². The van der Waals surface area contributed by atoms with E-state index in [0.29, 0.717) is 5.69 Å². The highest BCUT2D eigenvalue weighted by Crippen LogP contribution is 2.41. The van der Waals surface area contributed by atoms with Crippen molar-refractivity contribution in [3.63, 3.8) is 0 Å². The molecule has 1 aromatic carbocycles. The molecule has 0 spiro atoms. The molecule has 0 unspecified atom stereocenters. The van der Waals surface area contributed by atoms with Crippen LogP contribution in [0.2, 0.25) is 0 Å². The van der Waals surface area contributed by atoms with Crippen LogP contribution >= 0.6 is 0 Å². The van der Waals surface area contributed by atoms with Crippen LogP contribution in [0, 0.1) is 5.82 Å². The van der Waals surface area contributed by atoms with Crippen molar-refractivity contribution in [3.8, 4) is 0 Å². The van der Waals surface area contributed by atoms with E-state index in [2.05, 4.69) is 10.4 Å². The van der Waals surface area contributed by atoms with Crippen LogP contribution in [0.3, 0.4) is 0 Å². The van der Waals surface area contributed by atoms with Gasteiger partial charge in [-0.05, 0) is 43.0 Å². The number of aryl methyl sites for hydroxylation is 1. The molecule has 0 radical (unpaired) electrons. The highest BCUT2D eigenvalue weighted by Gasteiger charge is 2.40. The first-order valence-electron chi connectivity index (χ1n) is 6.67. The van der Waals surface area contributed by atoms with Gasteiger partial charge in [0, 0.05) is 13.2 Å². The Kier molecular flexibility index (Phi) is 3.04. The van der Waals surface area contributed by atoms with E-state index in [4.69, 9.17) is 0 Å². The fourth-order valence-corrected chi connectivity index (χ4v) is 2.66. The molecule has 4 nitrogen and oxygen atoms in total. The van der Waals surface area contributed by atoms with Crippen molar-refractivity contribution < 1.29 is 9.18 Å². The van der Waals surface area contributed by atoms with E-state index in [1.54, 1.807) is 36.1 Å². The third-order valence-corrected chi connectivity index (χ3v) is 4.01. The van der Waals surface area contributed by atoms with Crippen LogP contribution in [-0.4, -0.2) is 15.7 Å². The van der Waals surface area contributed by atoms with Gasteiger partial charge >= 0.3 is 0 Å². The molecule has 1 heterocycles. The van der Waals surface area contributed by atoms with Crippen molar-refractivity contribution in [1.82, 2.24) is 15.1 Å². The van der Waals surface area contributed by atoms with E-state index in [-0.39, 0.29) is 17.3 Å². The number of aromatic nitrogens is 2. The largest absolute Gasteiger partial charge is 0.341 e. The van der Waals surface area contributed by atoms with E-state index in [0.717, 1.165) is 24.8 Å². The first-order chi connectivity index (χ1) is 9.61. The number of halogens is 1. The molecule has 104 valence electrons. The Labute approximate surface area is 116 Å². The Morgan fingerprint density at radius 2 is 2.00 bits per heavy atom. The quantitative estimate of drug-likeness (QED) is 0.933. The van der Waals surface area contributed by atoms with Crippen LogP contribution in [0.15, 0.2) is 36.5 Å². The molecule has 1 aliphatic carbocycles. The van der Waals surface area contributed by atoms with Gasteiger partial charge in [0.2, 0.25) is 0 Å². The van der Waals surface area contributed by atoms with Gasteiger partial charge in [-0.3, -0.25) is 9.48 Å². The summed E-state index contributed by atoms with van der Waals surface area (Å²) in [5.41, 5.74) is 1.12. The molecule has 1 aliphatic rings.